The van der Waals surface area contributed by atoms with Gasteiger partial charge in [-0.3, -0.25) is 0 Å². The second-order valence-electron chi connectivity index (χ2n) is 5.79. The second-order valence-corrected chi connectivity index (χ2v) is 5.79. The summed E-state index contributed by atoms with van der Waals surface area (Å²) in [5.41, 5.74) is -0.144. The molecule has 0 aliphatic carbocycles. The van der Waals surface area contributed by atoms with Gasteiger partial charge in [-0.15, -0.1) is 0 Å². The molecule has 0 heterocycles. The summed E-state index contributed by atoms with van der Waals surface area (Å²) in [6, 6.07) is 0. The highest BCUT2D eigenvalue weighted by Crippen LogP contribution is 2.12. The van der Waals surface area contributed by atoms with Crippen LogP contribution in [0.1, 0.15) is 47.0 Å². The summed E-state index contributed by atoms with van der Waals surface area (Å²) in [6.07, 6.45) is 3.08. The van der Waals surface area contributed by atoms with Crippen LogP contribution in [-0.4, -0.2) is 50.2 Å². The molecule has 0 rings (SSSR count). The zero-order valence-electron chi connectivity index (χ0n) is 13.2. The highest BCUT2D eigenvalue weighted by Gasteiger charge is 2.20. The maximum atomic E-state index is 9.35. The predicted molar refractivity (Wildman–Crippen MR) is 79.5 cm³/mol. The number of likely N-dealkylation sites (N-methyl/N-ethyl adjacent to an activating group) is 1. The molecule has 116 valence electrons. The zero-order valence-corrected chi connectivity index (χ0v) is 13.2. The van der Waals surface area contributed by atoms with E-state index in [4.69, 9.17) is 9.47 Å². The van der Waals surface area contributed by atoms with Crippen molar-refractivity contribution in [1.29, 1.82) is 0 Å². The van der Waals surface area contributed by atoms with Crippen LogP contribution in [0.5, 0.6) is 0 Å². The minimum Gasteiger partial charge on any atom is -0.394 e. The van der Waals surface area contributed by atoms with Crippen molar-refractivity contribution in [3.63, 3.8) is 0 Å². The highest BCUT2D eigenvalue weighted by atomic mass is 16.5. The first-order valence-electron chi connectivity index (χ1n) is 7.55. The Morgan fingerprint density at radius 3 is 2.37 bits per heavy atom. The molecule has 0 aromatic heterocycles. The Morgan fingerprint density at radius 2 is 1.79 bits per heavy atom. The predicted octanol–water partition coefficient (Wildman–Crippen LogP) is 2.21. The first-order valence-corrected chi connectivity index (χ1v) is 7.55. The molecule has 0 spiro atoms. The van der Waals surface area contributed by atoms with Crippen LogP contribution in [0.25, 0.3) is 0 Å². The molecule has 1 unspecified atom stereocenters. The third-order valence-electron chi connectivity index (χ3n) is 3.04. The summed E-state index contributed by atoms with van der Waals surface area (Å²) in [5, 5.41) is 12.7. The lowest BCUT2D eigenvalue weighted by Gasteiger charge is -2.28. The minimum atomic E-state index is -0.144. The number of unbranched alkanes of at least 4 members (excludes halogenated alkanes) is 1. The average molecular weight is 275 g/mol. The summed E-state index contributed by atoms with van der Waals surface area (Å²) < 4.78 is 11.0. The lowest BCUT2D eigenvalue weighted by Crippen LogP contribution is -2.45. The molecule has 0 aromatic rings. The van der Waals surface area contributed by atoms with E-state index in [0.717, 1.165) is 39.0 Å². The van der Waals surface area contributed by atoms with Gasteiger partial charge in [0.05, 0.1) is 19.8 Å². The maximum Gasteiger partial charge on any atom is 0.0700 e. The van der Waals surface area contributed by atoms with Gasteiger partial charge in [0.2, 0.25) is 0 Å². The molecule has 0 saturated carbocycles. The number of ether oxygens (including phenoxy) is 2. The molecule has 2 N–H and O–H groups in total. The van der Waals surface area contributed by atoms with Crippen LogP contribution in [0, 0.1) is 5.92 Å². The summed E-state index contributed by atoms with van der Waals surface area (Å²) in [5.74, 6) is 0.585. The lowest BCUT2D eigenvalue weighted by atomic mass is 9.96. The van der Waals surface area contributed by atoms with Gasteiger partial charge in [-0.05, 0) is 38.6 Å². The molecular formula is C15H33NO3. The molecule has 0 fully saturated rings. The molecule has 1 atom stereocenters. The zero-order chi connectivity index (χ0) is 14.6. The van der Waals surface area contributed by atoms with E-state index in [0.29, 0.717) is 19.1 Å². The second kappa shape index (κ2) is 11.6. The van der Waals surface area contributed by atoms with Gasteiger partial charge in [0, 0.05) is 18.8 Å². The lowest BCUT2D eigenvalue weighted by molar-refractivity contribution is 0.0358. The summed E-state index contributed by atoms with van der Waals surface area (Å²) >= 11 is 0. The van der Waals surface area contributed by atoms with Gasteiger partial charge in [-0.25, -0.2) is 0 Å². The highest BCUT2D eigenvalue weighted by molar-refractivity contribution is 4.81. The first-order chi connectivity index (χ1) is 9.04. The Labute approximate surface area is 118 Å². The fourth-order valence-electron chi connectivity index (χ4n) is 1.91. The van der Waals surface area contributed by atoms with Gasteiger partial charge in [0.1, 0.15) is 0 Å². The van der Waals surface area contributed by atoms with Crippen molar-refractivity contribution in [1.82, 2.24) is 5.32 Å². The van der Waals surface area contributed by atoms with Gasteiger partial charge in [0.25, 0.3) is 0 Å². The van der Waals surface area contributed by atoms with E-state index in [2.05, 4.69) is 33.0 Å². The molecule has 0 aliphatic heterocycles. The quantitative estimate of drug-likeness (QED) is 0.506. The Morgan fingerprint density at radius 1 is 1.11 bits per heavy atom. The minimum absolute atomic E-state index is 0.144. The molecule has 0 aliphatic rings. The van der Waals surface area contributed by atoms with Crippen molar-refractivity contribution in [2.45, 2.75) is 52.5 Å². The molecule has 19 heavy (non-hydrogen) atoms. The molecule has 0 saturated heterocycles. The van der Waals surface area contributed by atoms with Crippen LogP contribution in [0.4, 0.5) is 0 Å². The Bertz CT molecular complexity index is 200. The van der Waals surface area contributed by atoms with E-state index < -0.39 is 0 Å². The van der Waals surface area contributed by atoms with Crippen molar-refractivity contribution < 1.29 is 14.6 Å². The van der Waals surface area contributed by atoms with E-state index in [-0.39, 0.29) is 12.1 Å². The van der Waals surface area contributed by atoms with E-state index in [1.807, 2.05) is 0 Å². The van der Waals surface area contributed by atoms with Crippen LogP contribution < -0.4 is 5.32 Å². The topological polar surface area (TPSA) is 50.7 Å². The van der Waals surface area contributed by atoms with Crippen molar-refractivity contribution in [2.75, 3.05) is 39.6 Å². The summed E-state index contributed by atoms with van der Waals surface area (Å²) in [4.78, 5) is 0. The van der Waals surface area contributed by atoms with Gasteiger partial charge >= 0.3 is 0 Å². The van der Waals surface area contributed by atoms with E-state index in [1.54, 1.807) is 0 Å². The molecule has 0 aromatic carbocycles. The molecular weight excluding hydrogens is 242 g/mol. The fraction of sp³-hybridized carbons (Fsp3) is 1.00. The van der Waals surface area contributed by atoms with Gasteiger partial charge in [0.15, 0.2) is 0 Å². The summed E-state index contributed by atoms with van der Waals surface area (Å²) in [6.45, 7) is 12.4. The van der Waals surface area contributed by atoms with Crippen LogP contribution >= 0.6 is 0 Å². The summed E-state index contributed by atoms with van der Waals surface area (Å²) in [7, 11) is 0. The van der Waals surface area contributed by atoms with Crippen LogP contribution in [0.3, 0.4) is 0 Å². The van der Waals surface area contributed by atoms with E-state index >= 15 is 0 Å². The third kappa shape index (κ3) is 11.4. The number of hydrogen-bond donors (Lipinski definition) is 2. The van der Waals surface area contributed by atoms with Crippen LogP contribution in [-0.2, 0) is 9.47 Å². The smallest absolute Gasteiger partial charge is 0.0700 e. The number of nitrogens with one attached hydrogen (secondary N) is 1. The largest absolute Gasteiger partial charge is 0.394 e. The number of rotatable bonds is 13. The molecule has 4 heteroatoms. The standard InChI is InChI=1S/C15H33NO3/c1-5-16-15(4,13-17)8-6-7-9-18-10-11-19-12-14(2)3/h14,16-17H,5-13H2,1-4H3. The van der Waals surface area contributed by atoms with Crippen molar-refractivity contribution >= 4 is 0 Å². The SMILES string of the molecule is CCNC(C)(CO)CCCCOCCOCC(C)C. The van der Waals surface area contributed by atoms with E-state index in [1.165, 1.54) is 0 Å². The van der Waals surface area contributed by atoms with E-state index in [9.17, 15) is 5.11 Å². The Balaban J connectivity index is 3.35. The van der Waals surface area contributed by atoms with Crippen molar-refractivity contribution in [3.8, 4) is 0 Å². The number of aliphatic hydroxyl groups is 1. The molecule has 0 bridgehead atoms. The van der Waals surface area contributed by atoms with Gasteiger partial charge in [-0.1, -0.05) is 20.8 Å². The van der Waals surface area contributed by atoms with Crippen molar-refractivity contribution in [3.05, 3.63) is 0 Å². The third-order valence-corrected chi connectivity index (χ3v) is 3.04. The molecule has 0 radical (unpaired) electrons. The van der Waals surface area contributed by atoms with Crippen LogP contribution in [0.2, 0.25) is 0 Å². The van der Waals surface area contributed by atoms with Crippen LogP contribution in [0.15, 0.2) is 0 Å². The molecule has 0 amide bonds. The van der Waals surface area contributed by atoms with Gasteiger partial charge in [-0.2, -0.15) is 0 Å². The fourth-order valence-corrected chi connectivity index (χ4v) is 1.91. The first kappa shape index (κ1) is 18.8. The Kier molecular flexibility index (Phi) is 11.6. The normalized spacial score (nSPS) is 14.8. The number of aliphatic hydroxyl groups excluding tert-OH is 1. The average Bonchev–Trinajstić information content (AvgIpc) is 2.37. The number of hydrogen-bond acceptors (Lipinski definition) is 4. The van der Waals surface area contributed by atoms with Crippen molar-refractivity contribution in [2.24, 2.45) is 5.92 Å². The monoisotopic (exact) mass is 275 g/mol. The Hall–Kier alpha value is -0.160. The maximum absolute atomic E-state index is 9.35. The molecule has 4 nitrogen and oxygen atoms in total. The van der Waals surface area contributed by atoms with Gasteiger partial charge < -0.3 is 19.9 Å².